The van der Waals surface area contributed by atoms with Crippen LogP contribution in [0.3, 0.4) is 0 Å². The normalized spacial score (nSPS) is 17.4. The van der Waals surface area contributed by atoms with E-state index in [0.29, 0.717) is 12.2 Å². The highest BCUT2D eigenvalue weighted by Crippen LogP contribution is 2.44. The number of nitrogens with one attached hydrogen (secondary N) is 2. The van der Waals surface area contributed by atoms with Crippen LogP contribution < -0.4 is 10.6 Å². The van der Waals surface area contributed by atoms with Gasteiger partial charge in [0.2, 0.25) is 6.41 Å². The fraction of sp³-hybridized carbons (Fsp3) is 0.781. The van der Waals surface area contributed by atoms with E-state index in [1.165, 1.54) is 38.5 Å². The van der Waals surface area contributed by atoms with Crippen LogP contribution in [0.4, 0.5) is 26.3 Å². The molecule has 0 radical (unpaired) electrons. The molecule has 0 heterocycles. The zero-order valence-corrected chi connectivity index (χ0v) is 28.5. The number of ether oxygens (including phenoxy) is 1. The number of rotatable bonds is 7. The van der Waals surface area contributed by atoms with Crippen molar-refractivity contribution in [1.29, 1.82) is 0 Å². The monoisotopic (exact) mass is 636 g/mol. The summed E-state index contributed by atoms with van der Waals surface area (Å²) in [6.07, 6.45) is 4.49. The second-order valence-electron chi connectivity index (χ2n) is 9.03. The summed E-state index contributed by atoms with van der Waals surface area (Å²) in [7, 11) is 3.73. The topological polar surface area (TPSA) is 70.6 Å². The van der Waals surface area contributed by atoms with E-state index in [-0.39, 0.29) is 24.6 Å². The molecule has 0 aromatic heterocycles. The minimum atomic E-state index is -4.99. The molecule has 0 bridgehead atoms. The van der Waals surface area contributed by atoms with E-state index < -0.39 is 24.2 Å². The smallest absolute Gasteiger partial charge is 0.394 e. The van der Waals surface area contributed by atoms with Crippen LogP contribution in [0, 0.1) is 11.8 Å². The summed E-state index contributed by atoms with van der Waals surface area (Å²) in [5.41, 5.74) is -0.00933. The Morgan fingerprint density at radius 3 is 1.70 bits per heavy atom. The van der Waals surface area contributed by atoms with Gasteiger partial charge in [0, 0.05) is 32.4 Å². The van der Waals surface area contributed by atoms with Crippen LogP contribution in [-0.2, 0) is 9.53 Å². The number of carbonyl (C=O) groups excluding carboxylic acids is 1. The first kappa shape index (κ1) is 50.8. The molecule has 1 fully saturated rings. The molecule has 1 saturated carbocycles. The van der Waals surface area contributed by atoms with E-state index in [1.54, 1.807) is 21.0 Å². The molecule has 2 unspecified atom stereocenters. The molecule has 0 saturated heterocycles. The standard InChI is InChI=1S/C10H9F6NO.C6H13N.C6H12.2C3H8O.2C2H6/c11-9(12,13)7-2-1-6(4-17-5-18)3-8(7)10(14,15)16;1-7-6-4-2-3-5-6;1-3-5-6-4-2;1-3-4-2;1-3(2)4;2*1-2/h1-3,5,7-8H,4H2,(H,17,18);6-7H,2-5H2,1H3;3,5H,4,6H2,1-2H3;3H2,1-2H3;3-4H,1-2H3;2*1-2H3. The molecule has 0 aliphatic heterocycles. The van der Waals surface area contributed by atoms with E-state index in [9.17, 15) is 31.1 Å². The number of halogens is 6. The number of amides is 1. The SMILES string of the molecule is CC.CC.CC(C)O.CC=CCCC.CCOC.CNC1CCCC1.O=CNCC1=CC(C(F)(F)F)C(C(F)(F)F)C=C1. The third kappa shape index (κ3) is 36.2. The number of carbonyl (C=O) groups is 1. The second kappa shape index (κ2) is 34.6. The van der Waals surface area contributed by atoms with Gasteiger partial charge in [-0.2, -0.15) is 26.3 Å². The van der Waals surface area contributed by atoms with Crippen molar-refractivity contribution in [3.05, 3.63) is 36.0 Å². The summed E-state index contributed by atoms with van der Waals surface area (Å²) >= 11 is 0. The first-order valence-corrected chi connectivity index (χ1v) is 15.3. The van der Waals surface area contributed by atoms with Crippen LogP contribution in [-0.4, -0.2) is 63.3 Å². The van der Waals surface area contributed by atoms with E-state index in [1.807, 2.05) is 34.6 Å². The molecule has 0 aromatic rings. The van der Waals surface area contributed by atoms with Crippen molar-refractivity contribution < 1.29 is 41.0 Å². The maximum atomic E-state index is 12.5. The Bertz CT molecular complexity index is 654. The number of methoxy groups -OCH3 is 1. The highest BCUT2D eigenvalue weighted by atomic mass is 19.4. The van der Waals surface area contributed by atoms with Crippen LogP contribution in [0.15, 0.2) is 36.0 Å². The Morgan fingerprint density at radius 1 is 1.00 bits per heavy atom. The molecule has 2 atom stereocenters. The van der Waals surface area contributed by atoms with Crippen LogP contribution in [0.25, 0.3) is 0 Å². The van der Waals surface area contributed by atoms with Crippen LogP contribution in [0.1, 0.15) is 101 Å². The largest absolute Gasteiger partial charge is 0.396 e. The minimum Gasteiger partial charge on any atom is -0.394 e. The fourth-order valence-electron chi connectivity index (χ4n) is 3.17. The van der Waals surface area contributed by atoms with E-state index >= 15 is 0 Å². The number of hydrogen-bond donors (Lipinski definition) is 3. The van der Waals surface area contributed by atoms with Crippen LogP contribution >= 0.6 is 0 Å². The molecule has 260 valence electrons. The summed E-state index contributed by atoms with van der Waals surface area (Å²) in [4.78, 5) is 9.98. The number of unbranched alkanes of at least 4 members (excludes halogenated alkanes) is 1. The van der Waals surface area contributed by atoms with Crippen molar-refractivity contribution in [2.24, 2.45) is 11.8 Å². The zero-order valence-electron chi connectivity index (χ0n) is 28.5. The van der Waals surface area contributed by atoms with Gasteiger partial charge in [0.25, 0.3) is 0 Å². The maximum absolute atomic E-state index is 12.5. The lowest BCUT2D eigenvalue weighted by atomic mass is 9.84. The number of alkyl halides is 6. The molecule has 0 aromatic carbocycles. The molecule has 11 heteroatoms. The molecule has 1 amide bonds. The molecule has 43 heavy (non-hydrogen) atoms. The van der Waals surface area contributed by atoms with Crippen LogP contribution in [0.5, 0.6) is 0 Å². The Morgan fingerprint density at radius 2 is 1.44 bits per heavy atom. The number of aliphatic hydroxyl groups is 1. The molecular formula is C32H62F6N2O3. The van der Waals surface area contributed by atoms with E-state index in [4.69, 9.17) is 5.11 Å². The van der Waals surface area contributed by atoms with Gasteiger partial charge in [-0.3, -0.25) is 4.79 Å². The Hall–Kier alpha value is -1.85. The predicted molar refractivity (Wildman–Crippen MR) is 169 cm³/mol. The first-order valence-electron chi connectivity index (χ1n) is 15.3. The molecular weight excluding hydrogens is 574 g/mol. The van der Waals surface area contributed by atoms with Crippen molar-refractivity contribution in [2.45, 2.75) is 125 Å². The van der Waals surface area contributed by atoms with Gasteiger partial charge >= 0.3 is 12.4 Å². The van der Waals surface area contributed by atoms with Gasteiger partial charge in [-0.15, -0.1) is 0 Å². The van der Waals surface area contributed by atoms with Gasteiger partial charge in [-0.1, -0.05) is 84.3 Å². The molecule has 3 N–H and O–H groups in total. The summed E-state index contributed by atoms with van der Waals surface area (Å²) in [5.74, 6) is -5.21. The molecule has 5 nitrogen and oxygen atoms in total. The zero-order chi connectivity index (χ0) is 34.9. The van der Waals surface area contributed by atoms with Gasteiger partial charge in [0.05, 0.1) is 11.8 Å². The lowest BCUT2D eigenvalue weighted by Gasteiger charge is -2.29. The summed E-state index contributed by atoms with van der Waals surface area (Å²) in [5, 5.41) is 13.4. The molecule has 0 spiro atoms. The van der Waals surface area contributed by atoms with Crippen LogP contribution in [0.2, 0.25) is 0 Å². The average molecular weight is 637 g/mol. The third-order valence-corrected chi connectivity index (χ3v) is 5.19. The van der Waals surface area contributed by atoms with Gasteiger partial charge < -0.3 is 20.5 Å². The van der Waals surface area contributed by atoms with Crippen molar-refractivity contribution in [3.8, 4) is 0 Å². The average Bonchev–Trinajstić information content (AvgIpc) is 3.51. The van der Waals surface area contributed by atoms with Gasteiger partial charge in [0.15, 0.2) is 0 Å². The first-order chi connectivity index (χ1) is 20.2. The Kier molecular flexibility index (Phi) is 40.9. The number of allylic oxidation sites excluding steroid dienone is 4. The van der Waals surface area contributed by atoms with E-state index in [0.717, 1.165) is 18.7 Å². The summed E-state index contributed by atoms with van der Waals surface area (Å²) in [6.45, 7) is 18.2. The van der Waals surface area contributed by atoms with Crippen molar-refractivity contribution >= 4 is 6.41 Å². The summed E-state index contributed by atoms with van der Waals surface area (Å²) < 4.78 is 79.5. The van der Waals surface area contributed by atoms with Crippen molar-refractivity contribution in [1.82, 2.24) is 10.6 Å². The number of hydrogen-bond acceptors (Lipinski definition) is 4. The second-order valence-corrected chi connectivity index (χ2v) is 9.03. The predicted octanol–water partition coefficient (Wildman–Crippen LogP) is 9.19. The van der Waals surface area contributed by atoms with Gasteiger partial charge in [-0.05, 0) is 59.6 Å². The number of aliphatic hydroxyl groups excluding tert-OH is 1. The van der Waals surface area contributed by atoms with E-state index in [2.05, 4.69) is 48.4 Å². The highest BCUT2D eigenvalue weighted by Gasteiger charge is 2.53. The summed E-state index contributed by atoms with van der Waals surface area (Å²) in [6, 6.07) is 0.847. The quantitative estimate of drug-likeness (QED) is 0.148. The molecule has 2 rings (SSSR count). The molecule has 2 aliphatic rings. The molecule has 2 aliphatic carbocycles. The Balaban J connectivity index is -0.000000159. The lowest BCUT2D eigenvalue weighted by molar-refractivity contribution is -0.231. The van der Waals surface area contributed by atoms with Gasteiger partial charge in [-0.25, -0.2) is 0 Å². The highest BCUT2D eigenvalue weighted by molar-refractivity contribution is 5.47. The van der Waals surface area contributed by atoms with Gasteiger partial charge in [0.1, 0.15) is 0 Å². The van der Waals surface area contributed by atoms with Crippen molar-refractivity contribution in [2.75, 3.05) is 27.3 Å². The Labute approximate surface area is 258 Å². The minimum absolute atomic E-state index is 0.00933. The van der Waals surface area contributed by atoms with Crippen molar-refractivity contribution in [3.63, 3.8) is 0 Å². The maximum Gasteiger partial charge on any atom is 0.396 e. The fourth-order valence-corrected chi connectivity index (χ4v) is 3.17. The lowest BCUT2D eigenvalue weighted by Crippen LogP contribution is -2.38. The third-order valence-electron chi connectivity index (χ3n) is 5.19.